The number of anilines is 1. The third-order valence-electron chi connectivity index (χ3n) is 5.79. The minimum absolute atomic E-state index is 0.293. The largest absolute Gasteiger partial charge is 0.462 e. The number of hydrogen-bond acceptors (Lipinski definition) is 6. The molecule has 1 aromatic carbocycles. The van der Waals surface area contributed by atoms with Gasteiger partial charge in [-0.2, -0.15) is 0 Å². The van der Waals surface area contributed by atoms with Crippen molar-refractivity contribution in [3.05, 3.63) is 35.5 Å². The Bertz CT molecular complexity index is 840. The number of benzene rings is 1. The molecule has 2 aliphatic heterocycles. The van der Waals surface area contributed by atoms with Crippen LogP contribution >= 0.6 is 0 Å². The minimum Gasteiger partial charge on any atom is -0.462 e. The number of hydrogen-bond donors (Lipinski definition) is 0. The Kier molecular flexibility index (Phi) is 5.78. The summed E-state index contributed by atoms with van der Waals surface area (Å²) in [6.45, 7) is 10.9. The molecule has 2 fully saturated rings. The van der Waals surface area contributed by atoms with Gasteiger partial charge in [-0.1, -0.05) is 18.2 Å². The van der Waals surface area contributed by atoms with E-state index in [4.69, 9.17) is 9.47 Å². The average Bonchev–Trinajstić information content (AvgIpc) is 3.21. The first-order valence-corrected chi connectivity index (χ1v) is 10.3. The Morgan fingerprint density at radius 2 is 2.11 bits per heavy atom. The van der Waals surface area contributed by atoms with Gasteiger partial charge < -0.3 is 14.4 Å². The summed E-state index contributed by atoms with van der Waals surface area (Å²) in [5, 5.41) is 1.03. The van der Waals surface area contributed by atoms with Crippen molar-refractivity contribution in [2.45, 2.75) is 20.3 Å². The van der Waals surface area contributed by atoms with Gasteiger partial charge in [-0.3, -0.25) is 9.88 Å². The van der Waals surface area contributed by atoms with Gasteiger partial charge >= 0.3 is 5.97 Å². The second kappa shape index (κ2) is 8.45. The smallest absolute Gasteiger partial charge is 0.341 e. The van der Waals surface area contributed by atoms with Crippen molar-refractivity contribution in [2.75, 3.05) is 57.4 Å². The molecule has 0 aliphatic carbocycles. The Balaban J connectivity index is 1.60. The van der Waals surface area contributed by atoms with Gasteiger partial charge in [0.15, 0.2) is 0 Å². The third-order valence-corrected chi connectivity index (χ3v) is 5.79. The number of fused-ring (bicyclic) bond motifs is 1. The molecule has 0 bridgehead atoms. The van der Waals surface area contributed by atoms with E-state index in [2.05, 4.69) is 33.8 Å². The number of piperazine rings is 1. The number of aryl methyl sites for hydroxylation is 1. The summed E-state index contributed by atoms with van der Waals surface area (Å²) in [4.78, 5) is 22.0. The second-order valence-electron chi connectivity index (χ2n) is 7.73. The fourth-order valence-electron chi connectivity index (χ4n) is 4.30. The van der Waals surface area contributed by atoms with Crippen molar-refractivity contribution < 1.29 is 14.3 Å². The van der Waals surface area contributed by atoms with Crippen LogP contribution in [-0.2, 0) is 9.47 Å². The van der Waals surface area contributed by atoms with Crippen LogP contribution in [0, 0.1) is 12.8 Å². The molecule has 0 saturated carbocycles. The number of ether oxygens (including phenoxy) is 2. The highest BCUT2D eigenvalue weighted by Crippen LogP contribution is 2.32. The number of esters is 1. The van der Waals surface area contributed by atoms with Crippen LogP contribution in [-0.4, -0.2) is 68.4 Å². The number of para-hydroxylation sites is 1. The molecule has 2 aliphatic rings. The molecule has 28 heavy (non-hydrogen) atoms. The van der Waals surface area contributed by atoms with Crippen LogP contribution in [0.25, 0.3) is 10.9 Å². The van der Waals surface area contributed by atoms with Gasteiger partial charge in [0.05, 0.1) is 24.4 Å². The summed E-state index contributed by atoms with van der Waals surface area (Å²) in [7, 11) is 0. The maximum absolute atomic E-state index is 12.6. The molecule has 0 amide bonds. The van der Waals surface area contributed by atoms with Crippen molar-refractivity contribution in [1.29, 1.82) is 0 Å². The zero-order valence-electron chi connectivity index (χ0n) is 16.8. The molecule has 150 valence electrons. The van der Waals surface area contributed by atoms with E-state index < -0.39 is 0 Å². The molecule has 1 atom stereocenters. The summed E-state index contributed by atoms with van der Waals surface area (Å²) in [5.74, 6) is 0.366. The Morgan fingerprint density at radius 3 is 2.82 bits per heavy atom. The summed E-state index contributed by atoms with van der Waals surface area (Å²) >= 11 is 0. The van der Waals surface area contributed by atoms with E-state index in [-0.39, 0.29) is 5.97 Å². The average molecular weight is 383 g/mol. The summed E-state index contributed by atoms with van der Waals surface area (Å²) in [5.41, 5.74) is 3.61. The zero-order chi connectivity index (χ0) is 19.5. The van der Waals surface area contributed by atoms with Gasteiger partial charge in [-0.15, -0.1) is 0 Å². The van der Waals surface area contributed by atoms with Gasteiger partial charge in [0.25, 0.3) is 0 Å². The van der Waals surface area contributed by atoms with E-state index in [9.17, 15) is 4.79 Å². The predicted molar refractivity (Wildman–Crippen MR) is 110 cm³/mol. The van der Waals surface area contributed by atoms with E-state index >= 15 is 0 Å². The van der Waals surface area contributed by atoms with Crippen molar-refractivity contribution in [2.24, 2.45) is 5.92 Å². The molecule has 0 radical (unpaired) electrons. The van der Waals surface area contributed by atoms with Gasteiger partial charge in [0.1, 0.15) is 5.56 Å². The Morgan fingerprint density at radius 1 is 1.29 bits per heavy atom. The lowest BCUT2D eigenvalue weighted by Crippen LogP contribution is -2.48. The van der Waals surface area contributed by atoms with Gasteiger partial charge in [-0.25, -0.2) is 4.79 Å². The van der Waals surface area contributed by atoms with Gasteiger partial charge in [-0.05, 0) is 31.7 Å². The van der Waals surface area contributed by atoms with E-state index in [0.29, 0.717) is 18.1 Å². The highest BCUT2D eigenvalue weighted by molar-refractivity contribution is 6.05. The SMILES string of the molecule is CCOC(=O)c1cnc2c(C)cccc2c1N1CCN(CC2CCOC2)CC1. The molecule has 6 nitrogen and oxygen atoms in total. The molecule has 1 unspecified atom stereocenters. The van der Waals surface area contributed by atoms with Crippen LogP contribution in [0.1, 0.15) is 29.3 Å². The topological polar surface area (TPSA) is 54.9 Å². The maximum atomic E-state index is 12.6. The number of nitrogens with zero attached hydrogens (tertiary/aromatic N) is 3. The van der Waals surface area contributed by atoms with Crippen LogP contribution in [0.5, 0.6) is 0 Å². The number of rotatable bonds is 5. The molecule has 0 spiro atoms. The summed E-state index contributed by atoms with van der Waals surface area (Å²) in [6, 6.07) is 6.16. The quantitative estimate of drug-likeness (QED) is 0.740. The molecule has 1 aromatic heterocycles. The zero-order valence-corrected chi connectivity index (χ0v) is 16.8. The minimum atomic E-state index is -0.293. The fourth-order valence-corrected chi connectivity index (χ4v) is 4.30. The first-order chi connectivity index (χ1) is 13.7. The lowest BCUT2D eigenvalue weighted by atomic mass is 10.0. The third kappa shape index (κ3) is 3.84. The highest BCUT2D eigenvalue weighted by Gasteiger charge is 2.27. The number of carbonyl (C=O) groups excluding carboxylic acids is 1. The number of aromatic nitrogens is 1. The molecular formula is C22H29N3O3. The first kappa shape index (κ1) is 19.2. The summed E-state index contributed by atoms with van der Waals surface area (Å²) in [6.07, 6.45) is 2.85. The molecule has 6 heteroatoms. The van der Waals surface area contributed by atoms with Crippen LogP contribution in [0.15, 0.2) is 24.4 Å². The molecule has 2 saturated heterocycles. The van der Waals surface area contributed by atoms with E-state index in [1.807, 2.05) is 13.0 Å². The fraction of sp³-hybridized carbons (Fsp3) is 0.545. The lowest BCUT2D eigenvalue weighted by molar-refractivity contribution is 0.0526. The van der Waals surface area contributed by atoms with Crippen LogP contribution in [0.2, 0.25) is 0 Å². The summed E-state index contributed by atoms with van der Waals surface area (Å²) < 4.78 is 10.8. The predicted octanol–water partition coefficient (Wildman–Crippen LogP) is 2.88. The van der Waals surface area contributed by atoms with Crippen molar-refractivity contribution >= 4 is 22.6 Å². The highest BCUT2D eigenvalue weighted by atomic mass is 16.5. The number of carbonyl (C=O) groups is 1. The van der Waals surface area contributed by atoms with Gasteiger partial charge in [0, 0.05) is 50.9 Å². The van der Waals surface area contributed by atoms with Gasteiger partial charge in [0.2, 0.25) is 0 Å². The maximum Gasteiger partial charge on any atom is 0.341 e. The van der Waals surface area contributed by atoms with Crippen LogP contribution in [0.4, 0.5) is 5.69 Å². The molecule has 3 heterocycles. The first-order valence-electron chi connectivity index (χ1n) is 10.3. The van der Waals surface area contributed by atoms with E-state index in [0.717, 1.165) is 68.1 Å². The number of pyridine rings is 1. The van der Waals surface area contributed by atoms with Crippen molar-refractivity contribution in [3.63, 3.8) is 0 Å². The second-order valence-corrected chi connectivity index (χ2v) is 7.73. The Hall–Kier alpha value is -2.18. The van der Waals surface area contributed by atoms with Crippen molar-refractivity contribution in [1.82, 2.24) is 9.88 Å². The van der Waals surface area contributed by atoms with Crippen LogP contribution < -0.4 is 4.90 Å². The van der Waals surface area contributed by atoms with E-state index in [1.165, 1.54) is 6.42 Å². The normalized spacial score (nSPS) is 20.6. The van der Waals surface area contributed by atoms with E-state index in [1.54, 1.807) is 6.20 Å². The lowest BCUT2D eigenvalue weighted by Gasteiger charge is -2.38. The molecule has 4 rings (SSSR count). The van der Waals surface area contributed by atoms with Crippen LogP contribution in [0.3, 0.4) is 0 Å². The standard InChI is InChI=1S/C22H29N3O3/c1-3-28-22(26)19-13-23-20-16(2)5-4-6-18(20)21(19)25-10-8-24(9-11-25)14-17-7-12-27-15-17/h4-6,13,17H,3,7-12,14-15H2,1-2H3. The molecule has 0 N–H and O–H groups in total. The molecular weight excluding hydrogens is 354 g/mol. The van der Waals surface area contributed by atoms with Crippen molar-refractivity contribution in [3.8, 4) is 0 Å². The molecule has 2 aromatic rings. The monoisotopic (exact) mass is 383 g/mol. The Labute approximate surface area is 166 Å².